The molecule has 0 bridgehead atoms. The van der Waals surface area contributed by atoms with Crippen molar-refractivity contribution >= 4 is 11.5 Å². The smallest absolute Gasteiger partial charge is 0.308 e. The predicted octanol–water partition coefficient (Wildman–Crippen LogP) is 2.89. The molecule has 2 heteroatoms. The Morgan fingerprint density at radius 3 is 2.94 bits per heavy atom. The Bertz CT molecular complexity index is 498. The van der Waals surface area contributed by atoms with Crippen LogP contribution in [-0.2, 0) is 17.6 Å². The van der Waals surface area contributed by atoms with Crippen LogP contribution in [0.1, 0.15) is 36.5 Å². The quantitative estimate of drug-likeness (QED) is 0.530. The maximum Gasteiger partial charge on any atom is 0.308 e. The summed E-state index contributed by atoms with van der Waals surface area (Å²) in [6, 6.07) is 4.05. The lowest BCUT2D eigenvalue weighted by Gasteiger charge is -2.17. The van der Waals surface area contributed by atoms with Crippen molar-refractivity contribution in [1.29, 1.82) is 0 Å². The van der Waals surface area contributed by atoms with Gasteiger partial charge in [0.05, 0.1) is 0 Å². The van der Waals surface area contributed by atoms with Gasteiger partial charge >= 0.3 is 5.97 Å². The van der Waals surface area contributed by atoms with E-state index in [1.54, 1.807) is 0 Å². The van der Waals surface area contributed by atoms with Gasteiger partial charge in [0.25, 0.3) is 0 Å². The molecule has 2 aliphatic rings. The highest BCUT2D eigenvalue weighted by Gasteiger charge is 2.25. The highest BCUT2D eigenvalue weighted by Crippen LogP contribution is 2.42. The minimum absolute atomic E-state index is 0.231. The zero-order valence-electron chi connectivity index (χ0n) is 9.38. The summed E-state index contributed by atoms with van der Waals surface area (Å²) in [5, 5.41) is 0. The van der Waals surface area contributed by atoms with Gasteiger partial charge in [-0.05, 0) is 48.4 Å². The molecule has 0 aromatic heterocycles. The number of esters is 1. The number of carbonyl (C=O) groups is 1. The van der Waals surface area contributed by atoms with Crippen LogP contribution in [0.25, 0.3) is 5.57 Å². The highest BCUT2D eigenvalue weighted by molar-refractivity contribution is 5.79. The number of benzene rings is 1. The molecule has 0 fully saturated rings. The second kappa shape index (κ2) is 3.48. The first kappa shape index (κ1) is 9.64. The molecule has 0 radical (unpaired) electrons. The second-order valence-electron chi connectivity index (χ2n) is 4.44. The van der Waals surface area contributed by atoms with Crippen LogP contribution in [0.15, 0.2) is 18.2 Å². The van der Waals surface area contributed by atoms with Crippen molar-refractivity contribution in [1.82, 2.24) is 0 Å². The first-order chi connectivity index (χ1) is 7.75. The molecule has 82 valence electrons. The van der Waals surface area contributed by atoms with Crippen LogP contribution in [-0.4, -0.2) is 5.97 Å². The Labute approximate surface area is 94.9 Å². The van der Waals surface area contributed by atoms with E-state index in [4.69, 9.17) is 4.74 Å². The molecule has 2 aliphatic carbocycles. The summed E-state index contributed by atoms with van der Waals surface area (Å²) in [4.78, 5) is 11.0. The van der Waals surface area contributed by atoms with Gasteiger partial charge in [-0.15, -0.1) is 0 Å². The standard InChI is InChI=1S/C14H14O2/c1-9(15)16-13-8-7-11-6-5-10-3-2-4-12(13)14(10)11/h3,7-8H,2,4-6H2,1H3. The zero-order chi connectivity index (χ0) is 11.1. The Morgan fingerprint density at radius 2 is 2.12 bits per heavy atom. The normalized spacial score (nSPS) is 16.7. The van der Waals surface area contributed by atoms with Crippen molar-refractivity contribution in [3.63, 3.8) is 0 Å². The molecule has 3 rings (SSSR count). The molecule has 0 aliphatic heterocycles. The minimum atomic E-state index is -0.231. The molecule has 2 nitrogen and oxygen atoms in total. The largest absolute Gasteiger partial charge is 0.426 e. The number of aryl methyl sites for hydroxylation is 1. The molecule has 0 unspecified atom stereocenters. The first-order valence-electron chi connectivity index (χ1n) is 5.78. The van der Waals surface area contributed by atoms with Crippen molar-refractivity contribution in [3.8, 4) is 5.75 Å². The predicted molar refractivity (Wildman–Crippen MR) is 62.4 cm³/mol. The molecule has 1 aromatic rings. The van der Waals surface area contributed by atoms with Crippen LogP contribution in [0, 0.1) is 0 Å². The average molecular weight is 214 g/mol. The molecule has 0 heterocycles. The maximum absolute atomic E-state index is 11.0. The Morgan fingerprint density at radius 1 is 1.25 bits per heavy atom. The summed E-state index contributed by atoms with van der Waals surface area (Å²) in [5.41, 5.74) is 5.47. The lowest BCUT2D eigenvalue weighted by Crippen LogP contribution is -2.07. The van der Waals surface area contributed by atoms with E-state index in [-0.39, 0.29) is 5.97 Å². The van der Waals surface area contributed by atoms with Gasteiger partial charge in [-0.1, -0.05) is 12.1 Å². The van der Waals surface area contributed by atoms with Gasteiger partial charge in [0.15, 0.2) is 0 Å². The van der Waals surface area contributed by atoms with E-state index in [9.17, 15) is 4.79 Å². The molecule has 1 aromatic carbocycles. The second-order valence-corrected chi connectivity index (χ2v) is 4.44. The molecule has 0 saturated carbocycles. The number of ether oxygens (including phenoxy) is 1. The number of allylic oxidation sites excluding steroid dienone is 2. The van der Waals surface area contributed by atoms with E-state index >= 15 is 0 Å². The number of rotatable bonds is 1. The topological polar surface area (TPSA) is 26.3 Å². The van der Waals surface area contributed by atoms with Gasteiger partial charge in [0.1, 0.15) is 5.75 Å². The Kier molecular flexibility index (Phi) is 2.10. The third-order valence-electron chi connectivity index (χ3n) is 3.38. The van der Waals surface area contributed by atoms with Crippen molar-refractivity contribution in [3.05, 3.63) is 34.9 Å². The molecule has 0 N–H and O–H groups in total. The molecule has 0 saturated heterocycles. The fourth-order valence-corrected chi connectivity index (χ4v) is 2.77. The van der Waals surface area contributed by atoms with Crippen LogP contribution in [0.2, 0.25) is 0 Å². The van der Waals surface area contributed by atoms with Crippen molar-refractivity contribution in [2.24, 2.45) is 0 Å². The van der Waals surface area contributed by atoms with Crippen molar-refractivity contribution in [2.75, 3.05) is 0 Å². The summed E-state index contributed by atoms with van der Waals surface area (Å²) in [6.45, 7) is 1.46. The number of carbonyl (C=O) groups excluding carboxylic acids is 1. The third kappa shape index (κ3) is 1.37. The number of hydrogen-bond donors (Lipinski definition) is 0. The molecular weight excluding hydrogens is 200 g/mol. The molecular formula is C14H14O2. The van der Waals surface area contributed by atoms with E-state index in [2.05, 4.69) is 12.1 Å². The van der Waals surface area contributed by atoms with Gasteiger partial charge in [-0.3, -0.25) is 4.79 Å². The summed E-state index contributed by atoms with van der Waals surface area (Å²) in [7, 11) is 0. The van der Waals surface area contributed by atoms with Gasteiger partial charge in [0, 0.05) is 12.5 Å². The Hall–Kier alpha value is -1.57. The highest BCUT2D eigenvalue weighted by atomic mass is 16.5. The average Bonchev–Trinajstić information content (AvgIpc) is 2.67. The van der Waals surface area contributed by atoms with Gasteiger partial charge in [0.2, 0.25) is 0 Å². The fraction of sp³-hybridized carbons (Fsp3) is 0.357. The van der Waals surface area contributed by atoms with Gasteiger partial charge in [-0.25, -0.2) is 0 Å². The van der Waals surface area contributed by atoms with Gasteiger partial charge in [-0.2, -0.15) is 0 Å². The van der Waals surface area contributed by atoms with E-state index in [0.717, 1.165) is 31.4 Å². The van der Waals surface area contributed by atoms with E-state index < -0.39 is 0 Å². The monoisotopic (exact) mass is 214 g/mol. The van der Waals surface area contributed by atoms with Crippen LogP contribution >= 0.6 is 0 Å². The SMILES string of the molecule is CC(=O)Oc1ccc2c3c1CCC=C3CC2. The van der Waals surface area contributed by atoms with Gasteiger partial charge < -0.3 is 4.74 Å². The zero-order valence-corrected chi connectivity index (χ0v) is 9.38. The van der Waals surface area contributed by atoms with E-state index in [1.807, 2.05) is 6.07 Å². The number of hydrogen-bond acceptors (Lipinski definition) is 2. The third-order valence-corrected chi connectivity index (χ3v) is 3.38. The molecule has 0 amide bonds. The molecule has 16 heavy (non-hydrogen) atoms. The Balaban J connectivity index is 2.15. The minimum Gasteiger partial charge on any atom is -0.426 e. The summed E-state index contributed by atoms with van der Waals surface area (Å²) < 4.78 is 5.28. The fourth-order valence-electron chi connectivity index (χ4n) is 2.77. The van der Waals surface area contributed by atoms with Crippen LogP contribution in [0.5, 0.6) is 5.75 Å². The summed E-state index contributed by atoms with van der Waals surface area (Å²) in [6.07, 6.45) is 6.67. The lowest BCUT2D eigenvalue weighted by atomic mass is 9.91. The van der Waals surface area contributed by atoms with Crippen molar-refractivity contribution in [2.45, 2.75) is 32.6 Å². The summed E-state index contributed by atoms with van der Waals surface area (Å²) in [5.74, 6) is 0.532. The van der Waals surface area contributed by atoms with Crippen LogP contribution in [0.3, 0.4) is 0 Å². The van der Waals surface area contributed by atoms with Crippen LogP contribution < -0.4 is 4.74 Å². The van der Waals surface area contributed by atoms with Crippen molar-refractivity contribution < 1.29 is 9.53 Å². The molecule has 0 atom stereocenters. The molecule has 0 spiro atoms. The summed E-state index contributed by atoms with van der Waals surface area (Å²) >= 11 is 0. The van der Waals surface area contributed by atoms with E-state index in [1.165, 1.54) is 29.2 Å². The lowest BCUT2D eigenvalue weighted by molar-refractivity contribution is -0.131. The van der Waals surface area contributed by atoms with E-state index in [0.29, 0.717) is 0 Å². The van der Waals surface area contributed by atoms with Crippen LogP contribution in [0.4, 0.5) is 0 Å². The first-order valence-corrected chi connectivity index (χ1v) is 5.78. The maximum atomic E-state index is 11.0.